The van der Waals surface area contributed by atoms with Crippen LogP contribution in [0.4, 0.5) is 20.9 Å². The van der Waals surface area contributed by atoms with E-state index in [9.17, 15) is 18.8 Å². The summed E-state index contributed by atoms with van der Waals surface area (Å²) >= 11 is 7.46. The number of thiazole rings is 1. The van der Waals surface area contributed by atoms with E-state index >= 15 is 0 Å². The van der Waals surface area contributed by atoms with Gasteiger partial charge in [-0.25, -0.2) is 14.3 Å². The molecule has 0 saturated carbocycles. The molecule has 5 rings (SSSR count). The summed E-state index contributed by atoms with van der Waals surface area (Å²) in [6, 6.07) is 20.9. The summed E-state index contributed by atoms with van der Waals surface area (Å²) in [4.78, 5) is 43.6. The van der Waals surface area contributed by atoms with Crippen molar-refractivity contribution < 1.29 is 18.8 Å². The second-order valence-corrected chi connectivity index (χ2v) is 8.91. The summed E-state index contributed by atoms with van der Waals surface area (Å²) in [7, 11) is 0. The number of carbonyl (C=O) groups excluding carboxylic acids is 3. The highest BCUT2D eigenvalue weighted by Gasteiger charge is 2.39. The van der Waals surface area contributed by atoms with Crippen molar-refractivity contribution >= 4 is 57.2 Å². The lowest BCUT2D eigenvalue weighted by Gasteiger charge is -2.15. The van der Waals surface area contributed by atoms with E-state index < -0.39 is 23.5 Å². The maximum atomic E-state index is 13.3. The van der Waals surface area contributed by atoms with Crippen molar-refractivity contribution in [2.24, 2.45) is 0 Å². The third kappa shape index (κ3) is 4.61. The predicted molar refractivity (Wildman–Crippen MR) is 137 cm³/mol. The molecule has 0 fully saturated rings. The Labute approximate surface area is 213 Å². The molecule has 3 aromatic carbocycles. The maximum Gasteiger partial charge on any atom is 0.283 e. The van der Waals surface area contributed by atoms with Crippen LogP contribution in [0.2, 0.25) is 0 Å². The molecule has 10 heteroatoms. The van der Waals surface area contributed by atoms with E-state index in [0.29, 0.717) is 16.4 Å². The summed E-state index contributed by atoms with van der Waals surface area (Å²) in [5.74, 6) is -2.32. The smallest absolute Gasteiger partial charge is 0.283 e. The summed E-state index contributed by atoms with van der Waals surface area (Å²) in [5, 5.41) is 7.59. The Morgan fingerprint density at radius 3 is 2.44 bits per heavy atom. The van der Waals surface area contributed by atoms with E-state index in [1.807, 2.05) is 35.7 Å². The van der Waals surface area contributed by atoms with Crippen molar-refractivity contribution in [1.29, 1.82) is 0 Å². The molecule has 0 aliphatic carbocycles. The molecule has 7 nitrogen and oxygen atoms in total. The number of hydrogen-bond donors (Lipinski definition) is 2. The highest BCUT2D eigenvalue weighted by Crippen LogP contribution is 2.30. The van der Waals surface area contributed by atoms with E-state index in [0.717, 1.165) is 28.3 Å². The molecule has 1 aliphatic rings. The van der Waals surface area contributed by atoms with E-state index in [2.05, 4.69) is 15.6 Å². The molecule has 2 N–H and O–H groups in total. The first-order chi connectivity index (χ1) is 17.4. The molecule has 4 aromatic rings. The minimum absolute atomic E-state index is 0.143. The number of aromatic nitrogens is 1. The average molecular weight is 519 g/mol. The zero-order valence-electron chi connectivity index (χ0n) is 18.4. The fourth-order valence-electron chi connectivity index (χ4n) is 3.56. The Morgan fingerprint density at radius 2 is 1.69 bits per heavy atom. The van der Waals surface area contributed by atoms with Crippen molar-refractivity contribution in [2.45, 2.75) is 0 Å². The Balaban J connectivity index is 1.31. The van der Waals surface area contributed by atoms with Gasteiger partial charge in [-0.2, -0.15) is 0 Å². The fourth-order valence-corrected chi connectivity index (χ4v) is 4.49. The van der Waals surface area contributed by atoms with E-state index in [4.69, 9.17) is 11.6 Å². The Bertz CT molecular complexity index is 1520. The number of imide groups is 1. The van der Waals surface area contributed by atoms with Crippen molar-refractivity contribution in [1.82, 2.24) is 4.98 Å². The number of rotatable bonds is 6. The quantitative estimate of drug-likeness (QED) is 0.322. The molecule has 36 heavy (non-hydrogen) atoms. The lowest BCUT2D eigenvalue weighted by atomic mass is 10.2. The number of anilines is 3. The molecule has 0 atom stereocenters. The van der Waals surface area contributed by atoms with Crippen molar-refractivity contribution in [2.75, 3.05) is 15.5 Å². The second-order valence-electron chi connectivity index (χ2n) is 7.67. The maximum absolute atomic E-state index is 13.3. The van der Waals surface area contributed by atoms with Crippen LogP contribution in [0.3, 0.4) is 0 Å². The normalized spacial score (nSPS) is 13.3. The molecule has 0 unspecified atom stereocenters. The zero-order chi connectivity index (χ0) is 25.2. The molecule has 0 spiro atoms. The van der Waals surface area contributed by atoms with Gasteiger partial charge in [-0.05, 0) is 42.5 Å². The van der Waals surface area contributed by atoms with Gasteiger partial charge in [-0.3, -0.25) is 19.7 Å². The van der Waals surface area contributed by atoms with Crippen LogP contribution in [-0.2, 0) is 9.59 Å². The van der Waals surface area contributed by atoms with Gasteiger partial charge in [-0.15, -0.1) is 11.3 Å². The second kappa shape index (κ2) is 9.73. The Hall–Kier alpha value is -4.34. The Morgan fingerprint density at radius 1 is 0.944 bits per heavy atom. The van der Waals surface area contributed by atoms with Crippen LogP contribution in [0, 0.1) is 5.82 Å². The summed E-state index contributed by atoms with van der Waals surface area (Å²) in [6.07, 6.45) is 0. The molecule has 0 bridgehead atoms. The summed E-state index contributed by atoms with van der Waals surface area (Å²) in [6.45, 7) is 0. The van der Waals surface area contributed by atoms with Crippen LogP contribution in [0.1, 0.15) is 10.4 Å². The van der Waals surface area contributed by atoms with Crippen molar-refractivity contribution in [3.8, 4) is 11.3 Å². The summed E-state index contributed by atoms with van der Waals surface area (Å²) in [5.41, 5.74) is 2.42. The lowest BCUT2D eigenvalue weighted by Crippen LogP contribution is -2.32. The van der Waals surface area contributed by atoms with Crippen LogP contribution in [0.5, 0.6) is 0 Å². The first-order valence-electron chi connectivity index (χ1n) is 10.6. The largest absolute Gasteiger partial charge is 0.350 e. The van der Waals surface area contributed by atoms with Gasteiger partial charge in [0.05, 0.1) is 11.4 Å². The molecule has 2 heterocycles. The molecule has 1 aromatic heterocycles. The van der Waals surface area contributed by atoms with Crippen molar-refractivity contribution in [3.05, 3.63) is 106 Å². The SMILES string of the molecule is O=C(Nc1nc(-c2ccccc2)cs1)c1cccc(NC2=C(Cl)C(=O)N(c3ccc(F)cc3)C2=O)c1. The standard InChI is InChI=1S/C26H16ClFN4O3S/c27-21-22(25(35)32(24(21)34)19-11-9-17(28)10-12-19)29-18-8-4-7-16(13-18)23(33)31-26-30-20(14-36-26)15-5-2-1-3-6-15/h1-14,29H,(H,30,31,33). The van der Waals surface area contributed by atoms with Gasteiger partial charge in [-0.1, -0.05) is 48.0 Å². The van der Waals surface area contributed by atoms with Crippen LogP contribution in [0.15, 0.2) is 95.0 Å². The van der Waals surface area contributed by atoms with Crippen LogP contribution in [-0.4, -0.2) is 22.7 Å². The van der Waals surface area contributed by atoms with Crippen LogP contribution >= 0.6 is 22.9 Å². The first kappa shape index (κ1) is 23.4. The minimum Gasteiger partial charge on any atom is -0.350 e. The van der Waals surface area contributed by atoms with Crippen molar-refractivity contribution in [3.63, 3.8) is 0 Å². The molecule has 0 radical (unpaired) electrons. The van der Waals surface area contributed by atoms with Gasteiger partial charge in [0, 0.05) is 22.2 Å². The third-order valence-corrected chi connectivity index (χ3v) is 6.41. The zero-order valence-corrected chi connectivity index (χ0v) is 19.9. The molecule has 178 valence electrons. The minimum atomic E-state index is -0.734. The predicted octanol–water partition coefficient (Wildman–Crippen LogP) is 5.64. The number of amides is 3. The number of benzene rings is 3. The third-order valence-electron chi connectivity index (χ3n) is 5.30. The highest BCUT2D eigenvalue weighted by atomic mass is 35.5. The Kier molecular flexibility index (Phi) is 6.32. The molecular formula is C26H16ClFN4O3S. The number of carbonyl (C=O) groups is 3. The first-order valence-corrected chi connectivity index (χ1v) is 11.9. The number of hydrogen-bond acceptors (Lipinski definition) is 6. The molecule has 0 saturated heterocycles. The molecular weight excluding hydrogens is 503 g/mol. The fraction of sp³-hybridized carbons (Fsp3) is 0. The number of nitrogens with zero attached hydrogens (tertiary/aromatic N) is 2. The average Bonchev–Trinajstić information content (AvgIpc) is 3.44. The molecule has 1 aliphatic heterocycles. The van der Waals surface area contributed by atoms with E-state index in [1.54, 1.807) is 18.2 Å². The van der Waals surface area contributed by atoms with Gasteiger partial charge in [0.15, 0.2) is 5.13 Å². The highest BCUT2D eigenvalue weighted by molar-refractivity contribution is 7.14. The molecule has 3 amide bonds. The van der Waals surface area contributed by atoms with Gasteiger partial charge < -0.3 is 5.32 Å². The van der Waals surface area contributed by atoms with Gasteiger partial charge in [0.2, 0.25) is 0 Å². The lowest BCUT2D eigenvalue weighted by molar-refractivity contribution is -0.120. The number of nitrogens with one attached hydrogen (secondary N) is 2. The van der Waals surface area contributed by atoms with Gasteiger partial charge >= 0.3 is 0 Å². The van der Waals surface area contributed by atoms with Gasteiger partial charge in [0.25, 0.3) is 17.7 Å². The topological polar surface area (TPSA) is 91.4 Å². The van der Waals surface area contributed by atoms with E-state index in [-0.39, 0.29) is 16.4 Å². The van der Waals surface area contributed by atoms with E-state index in [1.165, 1.54) is 29.5 Å². The summed E-state index contributed by atoms with van der Waals surface area (Å²) < 4.78 is 13.3. The van der Waals surface area contributed by atoms with Crippen LogP contribution < -0.4 is 15.5 Å². The van der Waals surface area contributed by atoms with Crippen LogP contribution in [0.25, 0.3) is 11.3 Å². The number of halogens is 2. The van der Waals surface area contributed by atoms with Gasteiger partial charge in [0.1, 0.15) is 16.5 Å². The monoisotopic (exact) mass is 518 g/mol.